The summed E-state index contributed by atoms with van der Waals surface area (Å²) in [4.78, 5) is 32.5. The molecule has 0 aliphatic rings. The van der Waals surface area contributed by atoms with Crippen LogP contribution in [0.2, 0.25) is 5.15 Å². The minimum Gasteiger partial charge on any atom is -1.00 e. The average molecular weight is 1920 g/mol. The number of hydrazine groups is 1. The summed E-state index contributed by atoms with van der Waals surface area (Å²) in [6, 6.07) is 64.4. The molecule has 0 atom stereocenters. The molecule has 0 aliphatic carbocycles. The number of halogens is 1. The van der Waals surface area contributed by atoms with E-state index in [0.29, 0.717) is 29.8 Å². The Morgan fingerprint density at radius 2 is 0.902 bits per heavy atom. The van der Waals surface area contributed by atoms with Crippen molar-refractivity contribution < 1.29 is 189 Å². The molecule has 0 fully saturated rings. The first-order chi connectivity index (χ1) is 58.4. The fraction of sp³-hybridized carbons (Fsp3) is 0.156. The number of phenols is 1. The maximum atomic E-state index is 11.1. The molecule has 21 nitrogen and oxygen atoms in total. The molecule has 122 heavy (non-hydrogen) atoms. The molecule has 0 saturated carbocycles. The number of aryl methyl sites for hydroxylation is 3. The van der Waals surface area contributed by atoms with Gasteiger partial charge in [-0.05, 0) is 305 Å². The molecule has 0 spiro atoms. The Morgan fingerprint density at radius 3 is 1.24 bits per heavy atom. The number of hydrogen-bond acceptors (Lipinski definition) is 20. The van der Waals surface area contributed by atoms with Crippen LogP contribution in [-0.4, -0.2) is 103 Å². The van der Waals surface area contributed by atoms with Crippen molar-refractivity contribution in [2.75, 3.05) is 35.4 Å². The third-order valence-electron chi connectivity index (χ3n) is 14.7. The van der Waals surface area contributed by atoms with Crippen molar-refractivity contribution >= 4 is 66.7 Å². The van der Waals surface area contributed by atoms with Crippen LogP contribution in [-0.2, 0) is 53.5 Å². The molecular weight excluding hydrogens is 1830 g/mol. The number of carbonyl (C=O) groups is 2. The Hall–Kier alpha value is -10.7. The smallest absolute Gasteiger partial charge is 1.00 e. The minimum absolute atomic E-state index is 0. The number of aromatic hydroxyl groups is 1. The molecule has 7 aromatic heterocycles. The molecule has 0 amide bonds. The quantitative estimate of drug-likeness (QED) is 0.0119. The summed E-state index contributed by atoms with van der Waals surface area (Å²) >= 11 is 9.16. The Bertz CT molecular complexity index is 5880. The van der Waals surface area contributed by atoms with Gasteiger partial charge in [0, 0.05) is 105 Å². The van der Waals surface area contributed by atoms with E-state index in [2.05, 4.69) is 178 Å². The van der Waals surface area contributed by atoms with Crippen molar-refractivity contribution in [2.24, 2.45) is 27.0 Å². The summed E-state index contributed by atoms with van der Waals surface area (Å²) in [5.41, 5.74) is 11.8. The molecule has 0 saturated heterocycles. The van der Waals surface area contributed by atoms with E-state index in [1.165, 1.54) is 15.0 Å². The summed E-state index contributed by atoms with van der Waals surface area (Å²) in [6.45, 7) is 7.66. The van der Waals surface area contributed by atoms with E-state index in [0.717, 1.165) is 67.4 Å². The molecule has 4 N–H and O–H groups in total. The van der Waals surface area contributed by atoms with Gasteiger partial charge >= 0.3 is 138 Å². The number of ether oxygens (including phenoxy) is 5. The van der Waals surface area contributed by atoms with E-state index in [9.17, 15) is 4.79 Å². The van der Waals surface area contributed by atoms with Crippen molar-refractivity contribution in [1.82, 2.24) is 49.6 Å². The molecule has 0 aliphatic heterocycles. The predicted octanol–water partition coefficient (Wildman–Crippen LogP) is 10.1. The van der Waals surface area contributed by atoms with E-state index < -0.39 is 0 Å². The molecule has 0 bridgehead atoms. The van der Waals surface area contributed by atoms with Gasteiger partial charge in [0.05, 0.1) is 22.5 Å². The largest absolute Gasteiger partial charge is 1.00 e. The summed E-state index contributed by atoms with van der Waals surface area (Å²) in [5, 5.41) is 36.7. The minimum atomic E-state index is -0.213. The molecule has 0 unspecified atom stereocenters. The Labute approximate surface area is 848 Å². The second kappa shape index (κ2) is 66.9. The van der Waals surface area contributed by atoms with Gasteiger partial charge in [-0.2, -0.15) is 15.3 Å². The van der Waals surface area contributed by atoms with Crippen LogP contribution < -0.4 is 169 Å². The second-order valence-corrected chi connectivity index (χ2v) is 25.5. The summed E-state index contributed by atoms with van der Waals surface area (Å²) in [7, 11) is 14.4. The third-order valence-corrected chi connectivity index (χ3v) is 16.8. The van der Waals surface area contributed by atoms with Crippen molar-refractivity contribution in [2.45, 2.75) is 47.3 Å². The Balaban J connectivity index is 0.00000140. The number of benzene rings is 6. The maximum absolute atomic E-state index is 11.1. The number of hydrogen-bond donors (Lipinski definition) is 3. The van der Waals surface area contributed by atoms with Gasteiger partial charge in [-0.3, -0.25) is 39.8 Å². The van der Waals surface area contributed by atoms with Crippen LogP contribution in [0.4, 0.5) is 0 Å². The molecule has 7 heterocycles. The SMILES string of the molecule is C#CC#CC#CC#CC#CC.CC#CC#CC#CC#CC#CC.CC(=O)c1ccc(OCc2ccccc2)cc1.CNN.COC(OC)N(C)C.Clc1nccc2sccc12.Cn1nccc1-c1ccc(O)cc1.Cn1nccc1-c1ccc(OCc2ccccc2)cc1.Cn1nccc1-c1ccc(Oc2nccc3sccc23)cc1.O=CO[O-].[Cs+].[Cs+].[H-].[HH]. The van der Waals surface area contributed by atoms with Gasteiger partial charge < -0.3 is 40.4 Å². The van der Waals surface area contributed by atoms with Gasteiger partial charge in [-0.25, -0.2) is 9.97 Å². The molecule has 6 aromatic carbocycles. The van der Waals surface area contributed by atoms with Gasteiger partial charge in [0.15, 0.2) is 5.78 Å². The normalized spacial score (nSPS) is 8.79. The number of pyridine rings is 2. The number of nitrogens with zero attached hydrogens (tertiary/aromatic N) is 9. The zero-order chi connectivity index (χ0) is 87.2. The van der Waals surface area contributed by atoms with Crippen LogP contribution in [0, 0.1) is 119 Å². The summed E-state index contributed by atoms with van der Waals surface area (Å²) < 4.78 is 34.9. The molecule has 610 valence electrons. The van der Waals surface area contributed by atoms with Crippen LogP contribution in [0.5, 0.6) is 28.9 Å². The number of rotatable bonds is 16. The van der Waals surface area contributed by atoms with Crippen molar-refractivity contribution in [3.05, 3.63) is 264 Å². The van der Waals surface area contributed by atoms with E-state index in [4.69, 9.17) is 56.9 Å². The zero-order valence-corrected chi connectivity index (χ0v) is 85.1. The van der Waals surface area contributed by atoms with Crippen LogP contribution >= 0.6 is 34.3 Å². The fourth-order valence-electron chi connectivity index (χ4n) is 9.29. The number of aromatic nitrogens is 8. The first-order valence-corrected chi connectivity index (χ1v) is 38.0. The zero-order valence-electron chi connectivity index (χ0n) is 71.2. The van der Waals surface area contributed by atoms with E-state index in [-0.39, 0.29) is 165 Å². The number of thiophene rings is 2. The monoisotopic (exact) mass is 1920 g/mol. The molecule has 13 rings (SSSR count). The molecule has 26 heteroatoms. The van der Waals surface area contributed by atoms with Gasteiger partial charge in [-0.1, -0.05) is 90.0 Å². The molecule has 13 aromatic rings. The summed E-state index contributed by atoms with van der Waals surface area (Å²) in [6.07, 6.45) is 13.5. The average Bonchev–Trinajstić information content (AvgIpc) is 1.73. The van der Waals surface area contributed by atoms with Crippen LogP contribution in [0.15, 0.2) is 242 Å². The van der Waals surface area contributed by atoms with Gasteiger partial charge in [-0.15, -0.1) is 29.1 Å². The number of methoxy groups -OCH3 is 2. The van der Waals surface area contributed by atoms with E-state index >= 15 is 0 Å². The number of terminal acetylenes is 1. The molecule has 0 radical (unpaired) electrons. The van der Waals surface area contributed by atoms with Crippen LogP contribution in [0.3, 0.4) is 0 Å². The van der Waals surface area contributed by atoms with Gasteiger partial charge in [0.25, 0.3) is 6.47 Å². The Morgan fingerprint density at radius 1 is 0.549 bits per heavy atom. The fourth-order valence-corrected chi connectivity index (χ4v) is 11.1. The van der Waals surface area contributed by atoms with Gasteiger partial charge in [0.1, 0.15) is 41.4 Å². The maximum Gasteiger partial charge on any atom is 1.00 e. The topological polar surface area (TPSA) is 253 Å². The van der Waals surface area contributed by atoms with Crippen molar-refractivity contribution in [3.8, 4) is 182 Å². The van der Waals surface area contributed by atoms with Gasteiger partial charge in [0.2, 0.25) is 12.3 Å². The van der Waals surface area contributed by atoms with Crippen LogP contribution in [0.1, 0.15) is 52.0 Å². The third kappa shape index (κ3) is 43.7. The summed E-state index contributed by atoms with van der Waals surface area (Å²) in [5.74, 6) is 55.5. The van der Waals surface area contributed by atoms with Crippen LogP contribution in [0.25, 0.3) is 53.9 Å². The number of nitrogens with one attached hydrogen (secondary N) is 1. The number of ketones is 1. The first-order valence-electron chi connectivity index (χ1n) is 35.8. The predicted molar refractivity (Wildman–Crippen MR) is 481 cm³/mol. The number of carbonyl (C=O) groups excluding carboxylic acids is 2. The number of nitrogens with two attached hydrogens (primary N) is 1. The van der Waals surface area contributed by atoms with Crippen molar-refractivity contribution in [1.29, 1.82) is 0 Å². The molecular formula is C96H90ClCs2N11O10S2. The second-order valence-electron chi connectivity index (χ2n) is 23.2. The standard InChI is InChI=1S/C17H13N3OS.C17H16N2O.C15H14O2.C12H6.C11H4.C10H10N2O.C7H4ClNS.C5H13NO2.CH6N2.CH2O3.2Cs.H2.H/c1-20-15(6-10-19-20)12-2-4-13(5-3-12)21-17-14-8-11-22-16(14)7-9-18-17;1-19-17(11-12-18-19)15-7-9-16(10-8-15)20-13-14-5-3-2-4-6-14;1-12(16)14-7-9-15(10-8-14)17-11-13-5-3-2-4-6-13;1-3-5-7-9-11-12-10-8-6-4-2;1-3-5-7-9-11-10-8-6-4-2;1-12-10(6-7-11-12)8-2-4-9(13)5-3-8;8-7-5-2-4-10-6(5)1-3-9-7;1-6(2)5(7-3)8-4;1-3-2;2-1-4-3;;;;/h2-11H,1H3;2-12H,13H2,1H3;2-10H,11H2,1H3;1-2H3;1H,2H3;2-7,13H,1H3;1-4H;5H,1-4H3;3H,2H2,1H3;1,3H;;;1H;/q;;;;;;;;;;2*+1;;-1/p-1. The van der Waals surface area contributed by atoms with E-state index in [1.54, 1.807) is 132 Å². The first kappa shape index (κ1) is 107. The Kier molecular flexibility index (Phi) is 58.9. The number of Topliss-reactive ketones (excluding diaryl/α,β-unsaturated/α-hetero) is 1. The van der Waals surface area contributed by atoms with E-state index in [1.807, 2.05) is 212 Å². The number of phenolic OH excluding ortho intramolecular Hbond substituents is 1. The van der Waals surface area contributed by atoms with Crippen molar-refractivity contribution in [3.63, 3.8) is 0 Å². The number of fused-ring (bicyclic) bond motifs is 2.